The number of rotatable bonds is 4. The Balaban J connectivity index is 2.33. The zero-order chi connectivity index (χ0) is 15.4. The summed E-state index contributed by atoms with van der Waals surface area (Å²) in [6.45, 7) is 0.324. The molecular weight excluding hydrogens is 273 g/mol. The van der Waals surface area contributed by atoms with E-state index in [0.717, 1.165) is 0 Å². The Hall–Kier alpha value is -2.94. The summed E-state index contributed by atoms with van der Waals surface area (Å²) < 4.78 is 13.2. The molecule has 21 heavy (non-hydrogen) atoms. The zero-order valence-corrected chi connectivity index (χ0v) is 11.3. The minimum atomic E-state index is -0.530. The van der Waals surface area contributed by atoms with Crippen LogP contribution in [0.5, 0.6) is 0 Å². The number of anilines is 1. The molecule has 0 amide bonds. The molecule has 0 aromatic heterocycles. The fourth-order valence-electron chi connectivity index (χ4n) is 2.06. The van der Waals surface area contributed by atoms with E-state index in [1.54, 1.807) is 24.1 Å². The first-order chi connectivity index (χ1) is 10.0. The van der Waals surface area contributed by atoms with E-state index < -0.39 is 4.92 Å². The highest BCUT2D eigenvalue weighted by atomic mass is 19.1. The smallest absolute Gasteiger partial charge is 0.293 e. The van der Waals surface area contributed by atoms with Crippen molar-refractivity contribution in [2.24, 2.45) is 0 Å². The Morgan fingerprint density at radius 2 is 2.10 bits per heavy atom. The van der Waals surface area contributed by atoms with Crippen LogP contribution in [0.4, 0.5) is 15.8 Å². The second-order valence-corrected chi connectivity index (χ2v) is 4.56. The van der Waals surface area contributed by atoms with Gasteiger partial charge >= 0.3 is 0 Å². The van der Waals surface area contributed by atoms with Crippen molar-refractivity contribution in [1.29, 1.82) is 5.26 Å². The van der Waals surface area contributed by atoms with E-state index in [1.165, 1.54) is 30.3 Å². The fraction of sp³-hybridized carbons (Fsp3) is 0.133. The molecule has 106 valence electrons. The normalized spacial score (nSPS) is 9.95. The number of hydrogen-bond acceptors (Lipinski definition) is 4. The van der Waals surface area contributed by atoms with Crippen LogP contribution in [0, 0.1) is 27.3 Å². The van der Waals surface area contributed by atoms with E-state index in [-0.39, 0.29) is 17.1 Å². The van der Waals surface area contributed by atoms with Crippen molar-refractivity contribution in [3.8, 4) is 6.07 Å². The molecule has 5 nitrogen and oxygen atoms in total. The Kier molecular flexibility index (Phi) is 4.14. The first-order valence-electron chi connectivity index (χ1n) is 6.15. The minimum absolute atomic E-state index is 0.145. The predicted molar refractivity (Wildman–Crippen MR) is 76.3 cm³/mol. The van der Waals surface area contributed by atoms with Crippen LogP contribution in [0.15, 0.2) is 42.5 Å². The Labute approximate surface area is 121 Å². The summed E-state index contributed by atoms with van der Waals surface area (Å²) in [6.07, 6.45) is 0. The maximum absolute atomic E-state index is 13.2. The van der Waals surface area contributed by atoms with Gasteiger partial charge in [-0.05, 0) is 29.8 Å². The van der Waals surface area contributed by atoms with E-state index >= 15 is 0 Å². The van der Waals surface area contributed by atoms with Gasteiger partial charge in [-0.25, -0.2) is 4.39 Å². The van der Waals surface area contributed by atoms with Gasteiger partial charge in [-0.15, -0.1) is 0 Å². The SMILES string of the molecule is CN(Cc1cccc(F)c1)c1ccc(C#N)cc1[N+](=O)[O-]. The van der Waals surface area contributed by atoms with Gasteiger partial charge in [0.1, 0.15) is 11.5 Å². The average molecular weight is 285 g/mol. The van der Waals surface area contributed by atoms with Crippen molar-refractivity contribution in [2.75, 3.05) is 11.9 Å². The van der Waals surface area contributed by atoms with E-state index in [4.69, 9.17) is 5.26 Å². The monoisotopic (exact) mass is 285 g/mol. The highest BCUT2D eigenvalue weighted by molar-refractivity contribution is 5.65. The first kappa shape index (κ1) is 14.5. The molecule has 0 spiro atoms. The molecule has 0 bridgehead atoms. The van der Waals surface area contributed by atoms with E-state index in [2.05, 4.69) is 0 Å². The van der Waals surface area contributed by atoms with Gasteiger partial charge in [0.2, 0.25) is 0 Å². The molecule has 0 saturated carbocycles. The molecule has 0 radical (unpaired) electrons. The van der Waals surface area contributed by atoms with Crippen LogP contribution in [-0.2, 0) is 6.54 Å². The molecule has 0 aliphatic carbocycles. The van der Waals surface area contributed by atoms with Gasteiger partial charge in [-0.2, -0.15) is 5.26 Å². The van der Waals surface area contributed by atoms with Gasteiger partial charge in [0, 0.05) is 19.7 Å². The summed E-state index contributed by atoms with van der Waals surface area (Å²) in [5.41, 5.74) is 1.16. The van der Waals surface area contributed by atoms with Crippen LogP contribution in [0.2, 0.25) is 0 Å². The van der Waals surface area contributed by atoms with Crippen LogP contribution < -0.4 is 4.90 Å². The molecule has 0 saturated heterocycles. The lowest BCUT2D eigenvalue weighted by Crippen LogP contribution is -2.17. The molecule has 0 heterocycles. The third kappa shape index (κ3) is 3.34. The number of halogens is 1. The van der Waals surface area contributed by atoms with Gasteiger partial charge < -0.3 is 4.90 Å². The van der Waals surface area contributed by atoms with E-state index in [9.17, 15) is 14.5 Å². The quantitative estimate of drug-likeness (QED) is 0.638. The topological polar surface area (TPSA) is 70.2 Å². The van der Waals surface area contributed by atoms with Crippen LogP contribution in [0.25, 0.3) is 0 Å². The Morgan fingerprint density at radius 1 is 1.33 bits per heavy atom. The molecule has 0 aliphatic rings. The summed E-state index contributed by atoms with van der Waals surface area (Å²) in [5, 5.41) is 19.9. The Bertz CT molecular complexity index is 725. The summed E-state index contributed by atoms with van der Waals surface area (Å²) in [7, 11) is 1.68. The van der Waals surface area contributed by atoms with Crippen LogP contribution >= 0.6 is 0 Å². The van der Waals surface area contributed by atoms with Crippen LogP contribution in [-0.4, -0.2) is 12.0 Å². The first-order valence-corrected chi connectivity index (χ1v) is 6.15. The largest absolute Gasteiger partial charge is 0.365 e. The molecule has 0 fully saturated rings. The van der Waals surface area contributed by atoms with E-state index in [0.29, 0.717) is 17.8 Å². The number of nitro groups is 1. The zero-order valence-electron chi connectivity index (χ0n) is 11.3. The van der Waals surface area contributed by atoms with Crippen molar-refractivity contribution in [1.82, 2.24) is 0 Å². The Morgan fingerprint density at radius 3 is 2.71 bits per heavy atom. The van der Waals surface area contributed by atoms with Crippen molar-refractivity contribution < 1.29 is 9.31 Å². The fourth-order valence-corrected chi connectivity index (χ4v) is 2.06. The van der Waals surface area contributed by atoms with Crippen molar-refractivity contribution in [3.63, 3.8) is 0 Å². The number of hydrogen-bond donors (Lipinski definition) is 0. The predicted octanol–water partition coefficient (Wildman–Crippen LogP) is 3.24. The van der Waals surface area contributed by atoms with Gasteiger partial charge in [0.25, 0.3) is 5.69 Å². The summed E-state index contributed by atoms with van der Waals surface area (Å²) in [6, 6.07) is 12.2. The molecule has 6 heteroatoms. The lowest BCUT2D eigenvalue weighted by Gasteiger charge is -2.19. The number of nitrogens with zero attached hydrogens (tertiary/aromatic N) is 3. The highest BCUT2D eigenvalue weighted by Gasteiger charge is 2.18. The summed E-state index contributed by atoms with van der Waals surface area (Å²) >= 11 is 0. The van der Waals surface area contributed by atoms with Gasteiger partial charge in [0.15, 0.2) is 0 Å². The standard InChI is InChI=1S/C15H12FN3O2/c1-18(10-12-3-2-4-13(16)7-12)14-6-5-11(9-17)8-15(14)19(20)21/h2-8H,10H2,1H3. The molecule has 2 rings (SSSR count). The average Bonchev–Trinajstić information content (AvgIpc) is 2.46. The minimum Gasteiger partial charge on any atom is -0.365 e. The molecule has 0 unspecified atom stereocenters. The van der Waals surface area contributed by atoms with Gasteiger partial charge in [-0.1, -0.05) is 12.1 Å². The van der Waals surface area contributed by atoms with Crippen LogP contribution in [0.3, 0.4) is 0 Å². The van der Waals surface area contributed by atoms with Crippen LogP contribution in [0.1, 0.15) is 11.1 Å². The molecule has 2 aromatic carbocycles. The lowest BCUT2D eigenvalue weighted by molar-refractivity contribution is -0.384. The molecule has 0 aliphatic heterocycles. The second-order valence-electron chi connectivity index (χ2n) is 4.56. The van der Waals surface area contributed by atoms with Crippen molar-refractivity contribution >= 4 is 11.4 Å². The maximum Gasteiger partial charge on any atom is 0.293 e. The van der Waals surface area contributed by atoms with Crippen molar-refractivity contribution in [3.05, 3.63) is 69.5 Å². The lowest BCUT2D eigenvalue weighted by atomic mass is 10.1. The molecule has 0 N–H and O–H groups in total. The number of benzene rings is 2. The van der Waals surface area contributed by atoms with Crippen molar-refractivity contribution in [2.45, 2.75) is 6.54 Å². The van der Waals surface area contributed by atoms with Gasteiger partial charge in [0.05, 0.1) is 16.6 Å². The number of nitro benzene ring substituents is 1. The molecular formula is C15H12FN3O2. The molecule has 2 aromatic rings. The second kappa shape index (κ2) is 6.01. The maximum atomic E-state index is 13.2. The van der Waals surface area contributed by atoms with Gasteiger partial charge in [-0.3, -0.25) is 10.1 Å². The van der Waals surface area contributed by atoms with E-state index in [1.807, 2.05) is 6.07 Å². The summed E-state index contributed by atoms with van der Waals surface area (Å²) in [5.74, 6) is -0.352. The molecule has 0 atom stereocenters. The third-order valence-corrected chi connectivity index (χ3v) is 3.02. The third-order valence-electron chi connectivity index (χ3n) is 3.02. The number of nitriles is 1. The highest BCUT2D eigenvalue weighted by Crippen LogP contribution is 2.29. The summed E-state index contributed by atoms with van der Waals surface area (Å²) in [4.78, 5) is 12.2.